The summed E-state index contributed by atoms with van der Waals surface area (Å²) in [5.74, 6) is 0. The molecule has 9 aromatic rings. The van der Waals surface area contributed by atoms with E-state index in [2.05, 4.69) is 124 Å². The molecule has 49 heavy (non-hydrogen) atoms. The predicted molar refractivity (Wildman–Crippen MR) is 207 cm³/mol. The van der Waals surface area contributed by atoms with Crippen LogP contribution in [-0.2, 0) is 0 Å². The molecule has 4 heteroatoms. The second kappa shape index (κ2) is 16.5. The van der Waals surface area contributed by atoms with E-state index in [1.54, 1.807) is 0 Å². The van der Waals surface area contributed by atoms with Crippen LogP contribution in [0, 0.1) is 0 Å². The first-order chi connectivity index (χ1) is 23.8. The molecule has 0 aliphatic carbocycles. The molecule has 9 rings (SSSR count). The van der Waals surface area contributed by atoms with Crippen LogP contribution in [0.1, 0.15) is 0 Å². The second-order valence-corrected chi connectivity index (χ2v) is 11.2. The number of hydrogen-bond donors (Lipinski definition) is 0. The number of benzene rings is 6. The fourth-order valence-corrected chi connectivity index (χ4v) is 5.84. The molecule has 0 atom stereocenters. The van der Waals surface area contributed by atoms with Crippen LogP contribution in [0.5, 0.6) is 0 Å². The average Bonchev–Trinajstić information content (AvgIpc) is 3.19. The van der Waals surface area contributed by atoms with Gasteiger partial charge in [-0.15, -0.1) is 0 Å². The minimum Gasteiger partial charge on any atom is -0.256 e. The van der Waals surface area contributed by atoms with E-state index in [0.29, 0.717) is 0 Å². The molecule has 6 aromatic carbocycles. The van der Waals surface area contributed by atoms with E-state index >= 15 is 0 Å². The smallest absolute Gasteiger partial charge is 0.0780 e. The van der Waals surface area contributed by atoms with Crippen molar-refractivity contribution in [3.63, 3.8) is 0 Å². The first-order valence-electron chi connectivity index (χ1n) is 16.0. The van der Waals surface area contributed by atoms with Crippen LogP contribution < -0.4 is 0 Å². The molecule has 0 saturated carbocycles. The van der Waals surface area contributed by atoms with Gasteiger partial charge >= 0.3 is 0 Å². The Morgan fingerprint density at radius 2 is 0.490 bits per heavy atom. The molecule has 0 aliphatic rings. The SMILES string of the molecule is [In].c1ccc(-c2nccc3ccccc23)cc1.c1ccc(-c2nccc3ccccc23)cc1.c1ccc(-c2nccc3ccccc23)cc1. The molecule has 0 N–H and O–H groups in total. The van der Waals surface area contributed by atoms with Crippen molar-refractivity contribution in [1.82, 2.24) is 15.0 Å². The molecule has 3 aromatic heterocycles. The zero-order valence-corrected chi connectivity index (χ0v) is 30.3. The number of pyridine rings is 3. The maximum Gasteiger partial charge on any atom is 0.0780 e. The van der Waals surface area contributed by atoms with Crippen LogP contribution in [0.2, 0.25) is 0 Å². The third kappa shape index (κ3) is 7.94. The van der Waals surface area contributed by atoms with Crippen LogP contribution >= 0.6 is 0 Å². The molecule has 0 fully saturated rings. The molecule has 3 nitrogen and oxygen atoms in total. The van der Waals surface area contributed by atoms with E-state index in [9.17, 15) is 0 Å². The number of aromatic nitrogens is 3. The molecule has 3 radical (unpaired) electrons. The molecule has 0 aliphatic heterocycles. The van der Waals surface area contributed by atoms with Gasteiger partial charge in [0.2, 0.25) is 0 Å². The summed E-state index contributed by atoms with van der Waals surface area (Å²) >= 11 is 0. The van der Waals surface area contributed by atoms with Gasteiger partial charge in [-0.2, -0.15) is 0 Å². The summed E-state index contributed by atoms with van der Waals surface area (Å²) in [7, 11) is 0. The van der Waals surface area contributed by atoms with Crippen molar-refractivity contribution in [3.05, 3.63) is 201 Å². The normalized spacial score (nSPS) is 10.3. The Morgan fingerprint density at radius 1 is 0.245 bits per heavy atom. The van der Waals surface area contributed by atoms with Crippen molar-refractivity contribution >= 4 is 58.2 Å². The van der Waals surface area contributed by atoms with Gasteiger partial charge in [0.25, 0.3) is 0 Å². The van der Waals surface area contributed by atoms with E-state index in [1.807, 2.05) is 91.4 Å². The third-order valence-corrected chi connectivity index (χ3v) is 8.16. The van der Waals surface area contributed by atoms with Gasteiger partial charge < -0.3 is 0 Å². The first-order valence-corrected chi connectivity index (χ1v) is 16.0. The minimum atomic E-state index is 0. The van der Waals surface area contributed by atoms with Crippen LogP contribution in [0.3, 0.4) is 0 Å². The summed E-state index contributed by atoms with van der Waals surface area (Å²) in [5.41, 5.74) is 6.66. The Morgan fingerprint density at radius 3 is 0.776 bits per heavy atom. The molecular weight excluding hydrogens is 697 g/mol. The van der Waals surface area contributed by atoms with Crippen molar-refractivity contribution in [1.29, 1.82) is 0 Å². The van der Waals surface area contributed by atoms with Crippen LogP contribution in [-0.4, -0.2) is 40.8 Å². The summed E-state index contributed by atoms with van der Waals surface area (Å²) in [4.78, 5) is 13.4. The Bertz CT molecular complexity index is 2110. The molecule has 0 bridgehead atoms. The summed E-state index contributed by atoms with van der Waals surface area (Å²) in [6.45, 7) is 0. The van der Waals surface area contributed by atoms with Gasteiger partial charge in [0.15, 0.2) is 0 Å². The predicted octanol–water partition coefficient (Wildman–Crippen LogP) is 11.3. The topological polar surface area (TPSA) is 38.7 Å². The average molecular weight is 731 g/mol. The molecular formula is C45H33InN3. The van der Waals surface area contributed by atoms with Crippen molar-refractivity contribution in [3.8, 4) is 33.8 Å². The quantitative estimate of drug-likeness (QED) is 0.182. The van der Waals surface area contributed by atoms with Crippen molar-refractivity contribution < 1.29 is 0 Å². The number of hydrogen-bond acceptors (Lipinski definition) is 3. The van der Waals surface area contributed by atoms with E-state index < -0.39 is 0 Å². The maximum absolute atomic E-state index is 4.48. The molecule has 0 saturated heterocycles. The minimum absolute atomic E-state index is 0. The molecule has 0 amide bonds. The summed E-state index contributed by atoms with van der Waals surface area (Å²) in [6.07, 6.45) is 5.60. The van der Waals surface area contributed by atoms with Crippen LogP contribution in [0.15, 0.2) is 201 Å². The fourth-order valence-electron chi connectivity index (χ4n) is 5.84. The number of rotatable bonds is 3. The largest absolute Gasteiger partial charge is 0.256 e. The van der Waals surface area contributed by atoms with Gasteiger partial charge in [0.05, 0.1) is 17.1 Å². The molecule has 0 unspecified atom stereocenters. The molecule has 3 heterocycles. The maximum atomic E-state index is 4.48. The molecule has 0 spiro atoms. The van der Waals surface area contributed by atoms with Gasteiger partial charge in [-0.05, 0) is 34.4 Å². The fraction of sp³-hybridized carbons (Fsp3) is 0. The first kappa shape index (κ1) is 33.3. The van der Waals surface area contributed by atoms with Crippen molar-refractivity contribution in [2.24, 2.45) is 0 Å². The Labute approximate surface area is 305 Å². The summed E-state index contributed by atoms with van der Waals surface area (Å²) in [6, 6.07) is 62.0. The summed E-state index contributed by atoms with van der Waals surface area (Å²) < 4.78 is 0. The standard InChI is InChI=1S/3C15H11N.In/c3*1-2-7-13(8-3-1)15-14-9-5-4-6-12(14)10-11-16-15;/h3*1-11H;. The molecule has 231 valence electrons. The third-order valence-electron chi connectivity index (χ3n) is 8.16. The number of nitrogens with zero attached hydrogens (tertiary/aromatic N) is 3. The van der Waals surface area contributed by atoms with Gasteiger partial charge in [-0.25, -0.2) is 0 Å². The van der Waals surface area contributed by atoms with E-state index in [0.717, 1.165) is 17.1 Å². The van der Waals surface area contributed by atoms with Crippen molar-refractivity contribution in [2.75, 3.05) is 0 Å². The second-order valence-electron chi connectivity index (χ2n) is 11.2. The zero-order valence-electron chi connectivity index (χ0n) is 27.0. The Kier molecular flexibility index (Phi) is 11.2. The van der Waals surface area contributed by atoms with Crippen LogP contribution in [0.25, 0.3) is 66.1 Å². The number of fused-ring (bicyclic) bond motifs is 3. The Balaban J connectivity index is 0.000000126. The van der Waals surface area contributed by atoms with E-state index in [4.69, 9.17) is 0 Å². The van der Waals surface area contributed by atoms with Gasteiger partial charge in [-0.3, -0.25) is 15.0 Å². The van der Waals surface area contributed by atoms with E-state index in [1.165, 1.54) is 49.0 Å². The zero-order chi connectivity index (χ0) is 32.4. The van der Waals surface area contributed by atoms with Gasteiger partial charge in [0.1, 0.15) is 0 Å². The summed E-state index contributed by atoms with van der Waals surface area (Å²) in [5, 5.41) is 7.31. The van der Waals surface area contributed by atoms with Gasteiger partial charge in [0, 0.05) is 77.3 Å². The van der Waals surface area contributed by atoms with E-state index in [-0.39, 0.29) is 25.8 Å². The Hall–Kier alpha value is -5.58. The monoisotopic (exact) mass is 730 g/mol. The van der Waals surface area contributed by atoms with Gasteiger partial charge in [-0.1, -0.05) is 164 Å². The van der Waals surface area contributed by atoms with Crippen molar-refractivity contribution in [2.45, 2.75) is 0 Å². The van der Waals surface area contributed by atoms with Crippen LogP contribution in [0.4, 0.5) is 0 Å².